The van der Waals surface area contributed by atoms with Crippen LogP contribution in [0.25, 0.3) is 0 Å². The van der Waals surface area contributed by atoms with Crippen LogP contribution >= 0.6 is 23.1 Å². The van der Waals surface area contributed by atoms with Crippen molar-refractivity contribution in [1.82, 2.24) is 4.98 Å². The molecule has 3 amide bonds. The van der Waals surface area contributed by atoms with Crippen LogP contribution in [0.3, 0.4) is 0 Å². The van der Waals surface area contributed by atoms with Crippen molar-refractivity contribution >= 4 is 52.2 Å². The lowest BCUT2D eigenvalue weighted by Gasteiger charge is -2.30. The third-order valence-electron chi connectivity index (χ3n) is 6.95. The minimum Gasteiger partial charge on any atom is -0.490 e. The highest BCUT2D eigenvalue weighted by molar-refractivity contribution is 8.00. The normalized spacial score (nSPS) is 19.3. The van der Waals surface area contributed by atoms with Crippen molar-refractivity contribution < 1.29 is 28.2 Å². The van der Waals surface area contributed by atoms with Crippen molar-refractivity contribution in [3.05, 3.63) is 98.7 Å². The zero-order valence-corrected chi connectivity index (χ0v) is 23.8. The summed E-state index contributed by atoms with van der Waals surface area (Å²) in [4.78, 5) is 56.7. The lowest BCUT2D eigenvalue weighted by atomic mass is 9.83. The van der Waals surface area contributed by atoms with Crippen molar-refractivity contribution in [2.45, 2.75) is 23.1 Å². The molecule has 2 aliphatic heterocycles. The highest BCUT2D eigenvalue weighted by atomic mass is 32.2. The summed E-state index contributed by atoms with van der Waals surface area (Å²) in [6.45, 7) is 1.78. The number of thiazole rings is 1. The number of nitrogens with zero attached hydrogens (tertiary/aromatic N) is 1. The zero-order valence-electron chi connectivity index (χ0n) is 22.2. The second-order valence-electron chi connectivity index (χ2n) is 9.58. The molecule has 6 rings (SSSR count). The standard InChI is InChI=1S/C30H24FN3O6S2/c1-2-39-21-14-16(8-13-20(21)40-15-22(35)32-18-11-9-17(31)10-12-18)23-24-26(41-27-25(23)42-30(38)33-27)29(37)34(28(24)36)19-6-4-3-5-7-19/h3-14,23-24,26H,2,15H2,1H3,(H,32,35)(H,33,38). The van der Waals surface area contributed by atoms with Crippen molar-refractivity contribution in [2.24, 2.45) is 5.92 Å². The van der Waals surface area contributed by atoms with E-state index in [9.17, 15) is 23.6 Å². The lowest BCUT2D eigenvalue weighted by Crippen LogP contribution is -2.32. The number of hydrogen-bond acceptors (Lipinski definition) is 8. The van der Waals surface area contributed by atoms with Gasteiger partial charge in [-0.1, -0.05) is 47.4 Å². The molecule has 0 spiro atoms. The second kappa shape index (κ2) is 11.5. The number of aromatic nitrogens is 1. The first kappa shape index (κ1) is 27.7. The third-order valence-corrected chi connectivity index (χ3v) is 9.35. The van der Waals surface area contributed by atoms with Crippen LogP contribution in [0.2, 0.25) is 0 Å². The van der Waals surface area contributed by atoms with Crippen LogP contribution in [0.15, 0.2) is 82.6 Å². The number of hydrogen-bond donors (Lipinski definition) is 2. The van der Waals surface area contributed by atoms with Crippen LogP contribution in [-0.2, 0) is 14.4 Å². The molecule has 2 aliphatic rings. The average molecular weight is 606 g/mol. The number of imide groups is 1. The smallest absolute Gasteiger partial charge is 0.305 e. The van der Waals surface area contributed by atoms with Crippen LogP contribution in [0, 0.1) is 11.7 Å². The monoisotopic (exact) mass is 605 g/mol. The van der Waals surface area contributed by atoms with Crippen LogP contribution < -0.4 is 24.6 Å². The maximum absolute atomic E-state index is 13.9. The molecule has 0 aliphatic carbocycles. The van der Waals surface area contributed by atoms with Gasteiger partial charge in [0.05, 0.1) is 23.2 Å². The van der Waals surface area contributed by atoms with E-state index < -0.39 is 28.8 Å². The summed E-state index contributed by atoms with van der Waals surface area (Å²) >= 11 is 2.23. The maximum atomic E-state index is 13.9. The van der Waals surface area contributed by atoms with E-state index in [1.54, 1.807) is 49.4 Å². The Balaban J connectivity index is 1.31. The molecule has 0 bridgehead atoms. The summed E-state index contributed by atoms with van der Waals surface area (Å²) in [5.41, 5.74) is 1.59. The number of anilines is 2. The molecule has 3 unspecified atom stereocenters. The number of benzene rings is 3. The van der Waals surface area contributed by atoms with E-state index in [-0.39, 0.29) is 23.3 Å². The number of halogens is 1. The molecular weight excluding hydrogens is 581 g/mol. The highest BCUT2D eigenvalue weighted by Gasteiger charge is 2.56. The van der Waals surface area contributed by atoms with Gasteiger partial charge in [0.25, 0.3) is 5.91 Å². The number of H-pyrrole nitrogens is 1. The van der Waals surface area contributed by atoms with E-state index in [0.29, 0.717) is 44.9 Å². The number of amides is 3. The Hall–Kier alpha value is -4.42. The van der Waals surface area contributed by atoms with Gasteiger partial charge in [0.2, 0.25) is 11.8 Å². The van der Waals surface area contributed by atoms with Gasteiger partial charge in [-0.15, -0.1) is 0 Å². The maximum Gasteiger partial charge on any atom is 0.305 e. The van der Waals surface area contributed by atoms with E-state index >= 15 is 0 Å². The van der Waals surface area contributed by atoms with Gasteiger partial charge in [-0.25, -0.2) is 9.29 Å². The molecule has 2 N–H and O–H groups in total. The predicted molar refractivity (Wildman–Crippen MR) is 157 cm³/mol. The molecule has 3 aromatic carbocycles. The average Bonchev–Trinajstić information content (AvgIpc) is 3.48. The quantitative estimate of drug-likeness (QED) is 0.278. The number of carbonyl (C=O) groups excluding carboxylic acids is 3. The van der Waals surface area contributed by atoms with Gasteiger partial charge < -0.3 is 19.8 Å². The summed E-state index contributed by atoms with van der Waals surface area (Å²) in [5.74, 6) is -2.21. The Morgan fingerprint density at radius 3 is 2.48 bits per heavy atom. The molecule has 0 radical (unpaired) electrons. The first-order valence-corrected chi connectivity index (χ1v) is 14.8. The molecule has 42 heavy (non-hydrogen) atoms. The molecule has 3 heterocycles. The molecule has 3 atom stereocenters. The Bertz CT molecular complexity index is 1720. The van der Waals surface area contributed by atoms with Crippen molar-refractivity contribution in [3.63, 3.8) is 0 Å². The minimum atomic E-state index is -0.746. The Morgan fingerprint density at radius 2 is 1.74 bits per heavy atom. The van der Waals surface area contributed by atoms with Gasteiger partial charge in [-0.2, -0.15) is 0 Å². The molecule has 214 valence electrons. The lowest BCUT2D eigenvalue weighted by molar-refractivity contribution is -0.122. The highest BCUT2D eigenvalue weighted by Crippen LogP contribution is 2.53. The number of ether oxygens (including phenoxy) is 2. The van der Waals surface area contributed by atoms with Crippen molar-refractivity contribution in [1.29, 1.82) is 0 Å². The fourth-order valence-electron chi connectivity index (χ4n) is 5.19. The predicted octanol–water partition coefficient (Wildman–Crippen LogP) is 4.79. The molecule has 0 saturated carbocycles. The molecule has 4 aromatic rings. The fourth-order valence-corrected chi connectivity index (χ4v) is 7.70. The van der Waals surface area contributed by atoms with E-state index in [0.717, 1.165) is 11.3 Å². The SMILES string of the molecule is CCOc1cc(C2c3sc(=O)[nH]c3SC3C(=O)N(c4ccccc4)C(=O)C32)ccc1OCC(=O)Nc1ccc(F)cc1. The number of para-hydroxylation sites is 1. The van der Waals surface area contributed by atoms with Gasteiger partial charge in [0.15, 0.2) is 18.1 Å². The summed E-state index contributed by atoms with van der Waals surface area (Å²) < 4.78 is 24.8. The second-order valence-corrected chi connectivity index (χ2v) is 11.7. The molecule has 9 nitrogen and oxygen atoms in total. The van der Waals surface area contributed by atoms with Gasteiger partial charge in [-0.05, 0) is 61.0 Å². The van der Waals surface area contributed by atoms with Gasteiger partial charge >= 0.3 is 4.87 Å². The summed E-state index contributed by atoms with van der Waals surface area (Å²) in [6.07, 6.45) is 0. The molecule has 1 aromatic heterocycles. The molecule has 1 saturated heterocycles. The first-order valence-electron chi connectivity index (χ1n) is 13.1. The molecule has 1 fully saturated rings. The third kappa shape index (κ3) is 5.19. The van der Waals surface area contributed by atoms with Crippen LogP contribution in [0.4, 0.5) is 15.8 Å². The largest absolute Gasteiger partial charge is 0.490 e. The Labute approximate surface area is 247 Å². The number of fused-ring (bicyclic) bond motifs is 2. The number of aromatic amines is 1. The minimum absolute atomic E-state index is 0.269. The van der Waals surface area contributed by atoms with Crippen LogP contribution in [0.1, 0.15) is 23.3 Å². The van der Waals surface area contributed by atoms with E-state index in [2.05, 4.69) is 10.3 Å². The van der Waals surface area contributed by atoms with Gasteiger partial charge in [0.1, 0.15) is 11.1 Å². The van der Waals surface area contributed by atoms with E-state index in [1.807, 2.05) is 6.07 Å². The summed E-state index contributed by atoms with van der Waals surface area (Å²) in [7, 11) is 0. The van der Waals surface area contributed by atoms with Crippen LogP contribution in [0.5, 0.6) is 11.5 Å². The molecule has 12 heteroatoms. The number of thioether (sulfide) groups is 1. The Morgan fingerprint density at radius 1 is 0.976 bits per heavy atom. The van der Waals surface area contributed by atoms with Crippen LogP contribution in [-0.4, -0.2) is 41.2 Å². The van der Waals surface area contributed by atoms with Crippen molar-refractivity contribution in [3.8, 4) is 11.5 Å². The molecular formula is C30H24FN3O6S2. The van der Waals surface area contributed by atoms with Gasteiger partial charge in [0, 0.05) is 16.5 Å². The summed E-state index contributed by atoms with van der Waals surface area (Å²) in [6, 6.07) is 19.3. The van der Waals surface area contributed by atoms with Crippen molar-refractivity contribution in [2.75, 3.05) is 23.4 Å². The Kier molecular flexibility index (Phi) is 7.56. The van der Waals surface area contributed by atoms with Gasteiger partial charge in [-0.3, -0.25) is 19.2 Å². The zero-order chi connectivity index (χ0) is 29.4. The topological polar surface area (TPSA) is 118 Å². The number of carbonyl (C=O) groups is 3. The summed E-state index contributed by atoms with van der Waals surface area (Å²) in [5, 5.41) is 2.49. The number of rotatable bonds is 8. The first-order chi connectivity index (χ1) is 20.3. The van der Waals surface area contributed by atoms with E-state index in [1.165, 1.54) is 40.9 Å². The number of nitrogens with one attached hydrogen (secondary N) is 2. The van der Waals surface area contributed by atoms with E-state index in [4.69, 9.17) is 9.47 Å². The fraction of sp³-hybridized carbons (Fsp3) is 0.200.